The molecule has 0 aliphatic carbocycles. The molecule has 0 spiro atoms. The molecule has 6 heteroatoms. The van der Waals surface area contributed by atoms with Gasteiger partial charge < -0.3 is 19.9 Å². The Bertz CT molecular complexity index is 1300. The Morgan fingerprint density at radius 3 is 2.52 bits per heavy atom. The number of benzene rings is 3. The molecule has 0 radical (unpaired) electrons. The lowest BCUT2D eigenvalue weighted by molar-refractivity contribution is -0.139. The van der Waals surface area contributed by atoms with Crippen LogP contribution in [0.4, 0.5) is 0 Å². The van der Waals surface area contributed by atoms with Crippen molar-refractivity contribution in [1.29, 1.82) is 5.26 Å². The number of carbonyl (C=O) groups excluding carboxylic acids is 1. The molecule has 1 aliphatic rings. The van der Waals surface area contributed by atoms with E-state index < -0.39 is 11.9 Å². The summed E-state index contributed by atoms with van der Waals surface area (Å²) in [6.45, 7) is 4.00. The number of carbonyl (C=O) groups is 1. The van der Waals surface area contributed by atoms with E-state index in [1.807, 2.05) is 42.5 Å². The van der Waals surface area contributed by atoms with Crippen molar-refractivity contribution in [3.63, 3.8) is 0 Å². The molecule has 0 amide bonds. The molecule has 3 aromatic carbocycles. The Kier molecular flexibility index (Phi) is 6.32. The summed E-state index contributed by atoms with van der Waals surface area (Å²) in [5, 5.41) is 12.0. The Hall–Kier alpha value is -4.24. The van der Waals surface area contributed by atoms with Crippen molar-refractivity contribution >= 4 is 16.7 Å². The number of fused-ring (bicyclic) bond motifs is 1. The first-order valence-electron chi connectivity index (χ1n) is 10.7. The maximum absolute atomic E-state index is 12.6. The van der Waals surface area contributed by atoms with Crippen molar-refractivity contribution in [3.8, 4) is 11.8 Å². The van der Waals surface area contributed by atoms with Gasteiger partial charge >= 0.3 is 5.97 Å². The number of nitrogens with zero attached hydrogens (tertiary/aromatic N) is 1. The molecule has 6 nitrogen and oxygen atoms in total. The highest BCUT2D eigenvalue weighted by Gasteiger charge is 2.36. The van der Waals surface area contributed by atoms with Crippen molar-refractivity contribution in [2.24, 2.45) is 5.73 Å². The van der Waals surface area contributed by atoms with Crippen molar-refractivity contribution < 1.29 is 19.0 Å². The molecule has 4 rings (SSSR count). The second-order valence-electron chi connectivity index (χ2n) is 7.65. The van der Waals surface area contributed by atoms with Gasteiger partial charge in [0, 0.05) is 0 Å². The number of esters is 1. The summed E-state index contributed by atoms with van der Waals surface area (Å²) in [4.78, 5) is 12.6. The summed E-state index contributed by atoms with van der Waals surface area (Å²) in [6, 6.07) is 23.8. The minimum Gasteiger partial charge on any atom is -0.489 e. The molecular weight excluding hydrogens is 416 g/mol. The molecule has 0 aromatic heterocycles. The number of nitrogens with two attached hydrogens (primary N) is 1. The monoisotopic (exact) mass is 440 g/mol. The smallest absolute Gasteiger partial charge is 0.338 e. The number of allylic oxidation sites excluding steroid dienone is 2. The number of rotatable bonds is 6. The van der Waals surface area contributed by atoms with Crippen LogP contribution in [-0.4, -0.2) is 12.6 Å². The van der Waals surface area contributed by atoms with Gasteiger partial charge in [0.2, 0.25) is 5.88 Å². The summed E-state index contributed by atoms with van der Waals surface area (Å²) in [7, 11) is 0. The van der Waals surface area contributed by atoms with E-state index in [-0.39, 0.29) is 23.6 Å². The maximum Gasteiger partial charge on any atom is 0.338 e. The van der Waals surface area contributed by atoms with Crippen LogP contribution in [0.3, 0.4) is 0 Å². The molecule has 2 N–H and O–H groups in total. The predicted molar refractivity (Wildman–Crippen MR) is 125 cm³/mol. The van der Waals surface area contributed by atoms with Crippen molar-refractivity contribution in [2.45, 2.75) is 26.4 Å². The van der Waals surface area contributed by atoms with Crippen LogP contribution in [0.1, 0.15) is 30.9 Å². The van der Waals surface area contributed by atoms with E-state index in [2.05, 4.69) is 30.3 Å². The van der Waals surface area contributed by atoms with Gasteiger partial charge in [0.15, 0.2) is 0 Å². The average Bonchev–Trinajstić information content (AvgIpc) is 2.82. The van der Waals surface area contributed by atoms with Crippen molar-refractivity contribution in [1.82, 2.24) is 0 Å². The van der Waals surface area contributed by atoms with E-state index in [0.29, 0.717) is 18.1 Å². The lowest BCUT2D eigenvalue weighted by Gasteiger charge is -2.26. The van der Waals surface area contributed by atoms with E-state index in [4.69, 9.17) is 19.9 Å². The number of ether oxygens (including phenoxy) is 3. The molecule has 0 fully saturated rings. The van der Waals surface area contributed by atoms with Gasteiger partial charge in [-0.2, -0.15) is 5.26 Å². The summed E-state index contributed by atoms with van der Waals surface area (Å²) in [6.07, 6.45) is 0. The molecule has 1 aliphatic heterocycles. The molecule has 0 bridgehead atoms. The van der Waals surface area contributed by atoms with Gasteiger partial charge in [-0.25, -0.2) is 4.79 Å². The van der Waals surface area contributed by atoms with Gasteiger partial charge in [-0.1, -0.05) is 48.5 Å². The van der Waals surface area contributed by atoms with E-state index >= 15 is 0 Å². The molecule has 166 valence electrons. The van der Waals surface area contributed by atoms with Crippen LogP contribution in [-0.2, 0) is 20.9 Å². The Morgan fingerprint density at radius 2 is 1.82 bits per heavy atom. The van der Waals surface area contributed by atoms with Crippen molar-refractivity contribution in [2.75, 3.05) is 6.61 Å². The summed E-state index contributed by atoms with van der Waals surface area (Å²) >= 11 is 0. The quantitative estimate of drug-likeness (QED) is 0.538. The standard InChI is InChI=1S/C27H24N2O4/c1-3-31-27(30)24-17(2)33-26(29)23(15-28)25(24)20-10-12-22(13-11-20)32-16-18-8-9-19-6-4-5-7-21(19)14-18/h4-14,25H,3,16,29H2,1-2H3. The SMILES string of the molecule is CCOC(=O)C1=C(C)OC(N)=C(C#N)C1c1ccc(OCc2ccc3ccccc3c2)cc1. The van der Waals surface area contributed by atoms with Gasteiger partial charge in [0.25, 0.3) is 0 Å². The van der Waals surface area contributed by atoms with Gasteiger partial charge in [0.05, 0.1) is 18.1 Å². The van der Waals surface area contributed by atoms with Gasteiger partial charge in [-0.05, 0) is 53.9 Å². The zero-order valence-electron chi connectivity index (χ0n) is 18.5. The van der Waals surface area contributed by atoms with Crippen LogP contribution in [0.15, 0.2) is 89.5 Å². The molecule has 1 unspecified atom stereocenters. The van der Waals surface area contributed by atoms with E-state index in [1.54, 1.807) is 13.8 Å². The fourth-order valence-corrected chi connectivity index (χ4v) is 3.94. The largest absolute Gasteiger partial charge is 0.489 e. The van der Waals surface area contributed by atoms with Gasteiger partial charge in [-0.3, -0.25) is 0 Å². The van der Waals surface area contributed by atoms with E-state index in [1.165, 1.54) is 5.39 Å². The summed E-state index contributed by atoms with van der Waals surface area (Å²) in [5.41, 5.74) is 8.18. The number of nitriles is 1. The minimum atomic E-state index is -0.669. The van der Waals surface area contributed by atoms with E-state index in [9.17, 15) is 10.1 Å². The lowest BCUT2D eigenvalue weighted by Crippen LogP contribution is -2.25. The topological polar surface area (TPSA) is 94.6 Å². The lowest BCUT2D eigenvalue weighted by atomic mass is 9.83. The molecule has 33 heavy (non-hydrogen) atoms. The third kappa shape index (κ3) is 4.53. The third-order valence-electron chi connectivity index (χ3n) is 5.53. The summed E-state index contributed by atoms with van der Waals surface area (Å²) < 4.78 is 16.6. The maximum atomic E-state index is 12.6. The highest BCUT2D eigenvalue weighted by Crippen LogP contribution is 2.40. The zero-order valence-corrected chi connectivity index (χ0v) is 18.5. The highest BCUT2D eigenvalue weighted by molar-refractivity contribution is 5.92. The zero-order chi connectivity index (χ0) is 23.4. The molecule has 0 saturated heterocycles. The molecule has 0 saturated carbocycles. The minimum absolute atomic E-state index is 0.00956. The first kappa shape index (κ1) is 22.0. The average molecular weight is 440 g/mol. The first-order chi connectivity index (χ1) is 16.0. The second kappa shape index (κ2) is 9.49. The molecule has 1 heterocycles. The predicted octanol–water partition coefficient (Wildman–Crippen LogP) is 5.06. The van der Waals surface area contributed by atoms with E-state index in [0.717, 1.165) is 16.5 Å². The Morgan fingerprint density at radius 1 is 1.09 bits per heavy atom. The van der Waals surface area contributed by atoms with Gasteiger partial charge in [-0.15, -0.1) is 0 Å². The molecule has 3 aromatic rings. The summed E-state index contributed by atoms with van der Waals surface area (Å²) in [5.74, 6) is -0.210. The van der Waals surface area contributed by atoms with Crippen LogP contribution in [0.25, 0.3) is 10.8 Å². The molecular formula is C27H24N2O4. The highest BCUT2D eigenvalue weighted by atomic mass is 16.5. The normalized spacial score (nSPS) is 15.7. The number of hydrogen-bond acceptors (Lipinski definition) is 6. The second-order valence-corrected chi connectivity index (χ2v) is 7.65. The third-order valence-corrected chi connectivity index (χ3v) is 5.53. The fraction of sp³-hybridized carbons (Fsp3) is 0.185. The fourth-order valence-electron chi connectivity index (χ4n) is 3.94. The number of hydrogen-bond donors (Lipinski definition) is 1. The first-order valence-corrected chi connectivity index (χ1v) is 10.7. The van der Waals surface area contributed by atoms with Crippen LogP contribution in [0.5, 0.6) is 5.75 Å². The van der Waals surface area contributed by atoms with Crippen LogP contribution < -0.4 is 10.5 Å². The van der Waals surface area contributed by atoms with Crippen LogP contribution in [0, 0.1) is 11.3 Å². The van der Waals surface area contributed by atoms with Gasteiger partial charge in [0.1, 0.15) is 29.8 Å². The Labute approximate surface area is 192 Å². The van der Waals surface area contributed by atoms with Crippen LogP contribution >= 0.6 is 0 Å². The molecule has 1 atom stereocenters. The Balaban J connectivity index is 1.56. The van der Waals surface area contributed by atoms with Crippen LogP contribution in [0.2, 0.25) is 0 Å². The van der Waals surface area contributed by atoms with Crippen molar-refractivity contribution in [3.05, 3.63) is 101 Å².